The fraction of sp³-hybridized carbons (Fsp3) is 0.350. The maximum atomic E-state index is 14.5. The molecule has 1 aliphatic rings. The van der Waals surface area contributed by atoms with Gasteiger partial charge in [-0.3, -0.25) is 4.90 Å². The number of likely N-dealkylation sites (tertiary alicyclic amines) is 1. The van der Waals surface area contributed by atoms with Crippen LogP contribution in [0.3, 0.4) is 0 Å². The molecule has 0 radical (unpaired) electrons. The van der Waals surface area contributed by atoms with Gasteiger partial charge in [0.15, 0.2) is 0 Å². The molecule has 28 heavy (non-hydrogen) atoms. The Labute approximate surface area is 164 Å². The van der Waals surface area contributed by atoms with Crippen molar-refractivity contribution < 1.29 is 27.1 Å². The van der Waals surface area contributed by atoms with Crippen LogP contribution in [0.1, 0.15) is 36.4 Å². The van der Waals surface area contributed by atoms with Gasteiger partial charge in [0.05, 0.1) is 6.04 Å². The number of carbonyl (C=O) groups excluding carboxylic acids is 1. The summed E-state index contributed by atoms with van der Waals surface area (Å²) in [5.41, 5.74) is 1.02. The lowest BCUT2D eigenvalue weighted by Crippen LogP contribution is -2.42. The third-order valence-corrected chi connectivity index (χ3v) is 5.15. The Morgan fingerprint density at radius 3 is 2.46 bits per heavy atom. The van der Waals surface area contributed by atoms with Crippen LogP contribution in [-0.2, 0) is 11.3 Å². The summed E-state index contributed by atoms with van der Waals surface area (Å²) in [6, 6.07) is 9.05. The molecule has 0 amide bonds. The Kier molecular flexibility index (Phi) is 6.25. The third-order valence-electron chi connectivity index (χ3n) is 4.82. The van der Waals surface area contributed by atoms with Gasteiger partial charge in [0.2, 0.25) is 0 Å². The first-order valence-electron chi connectivity index (χ1n) is 8.78. The number of ether oxygens (including phenoxy) is 1. The molecule has 2 aromatic rings. The van der Waals surface area contributed by atoms with Crippen LogP contribution in [0, 0.1) is 5.82 Å². The number of benzene rings is 2. The summed E-state index contributed by atoms with van der Waals surface area (Å²) < 4.78 is 55.3. The maximum absolute atomic E-state index is 14.5. The fourth-order valence-corrected chi connectivity index (χ4v) is 3.89. The van der Waals surface area contributed by atoms with Gasteiger partial charge in [-0.05, 0) is 49.1 Å². The van der Waals surface area contributed by atoms with Crippen molar-refractivity contribution in [2.24, 2.45) is 0 Å². The molecule has 3 nitrogen and oxygen atoms in total. The predicted molar refractivity (Wildman–Crippen MR) is 96.5 cm³/mol. The van der Waals surface area contributed by atoms with Gasteiger partial charge >= 0.3 is 6.36 Å². The van der Waals surface area contributed by atoms with Crippen molar-refractivity contribution in [1.82, 2.24) is 4.90 Å². The number of hydrogen-bond acceptors (Lipinski definition) is 3. The molecular formula is C20H18ClF4NO2. The number of halogens is 5. The topological polar surface area (TPSA) is 29.5 Å². The molecule has 8 heteroatoms. The number of alkyl halides is 3. The Morgan fingerprint density at radius 1 is 1.14 bits per heavy atom. The smallest absolute Gasteiger partial charge is 0.406 e. The highest BCUT2D eigenvalue weighted by atomic mass is 35.5. The van der Waals surface area contributed by atoms with Crippen molar-refractivity contribution in [2.45, 2.75) is 44.3 Å². The molecule has 2 aromatic carbocycles. The lowest BCUT2D eigenvalue weighted by molar-refractivity contribution is -0.274. The Hall–Kier alpha value is -2.12. The quantitative estimate of drug-likeness (QED) is 0.465. The van der Waals surface area contributed by atoms with Gasteiger partial charge in [-0.2, -0.15) is 0 Å². The van der Waals surface area contributed by atoms with Gasteiger partial charge in [0.1, 0.15) is 17.9 Å². The van der Waals surface area contributed by atoms with Gasteiger partial charge in [-0.1, -0.05) is 29.8 Å². The lowest BCUT2D eigenvalue weighted by atomic mass is 9.90. The molecule has 0 bridgehead atoms. The first kappa shape index (κ1) is 20.6. The lowest BCUT2D eigenvalue weighted by Gasteiger charge is -2.40. The molecule has 1 fully saturated rings. The average molecular weight is 416 g/mol. The van der Waals surface area contributed by atoms with E-state index in [0.29, 0.717) is 24.0 Å². The van der Waals surface area contributed by atoms with Crippen molar-refractivity contribution in [3.63, 3.8) is 0 Å². The van der Waals surface area contributed by atoms with Gasteiger partial charge in [-0.25, -0.2) is 4.39 Å². The molecule has 0 N–H and O–H groups in total. The van der Waals surface area contributed by atoms with E-state index in [9.17, 15) is 22.4 Å². The highest BCUT2D eigenvalue weighted by Crippen LogP contribution is 2.39. The number of rotatable bonds is 5. The summed E-state index contributed by atoms with van der Waals surface area (Å²) in [6.07, 6.45) is -1.94. The molecule has 1 aliphatic heterocycles. The number of piperidine rings is 1. The van der Waals surface area contributed by atoms with Crippen LogP contribution >= 0.6 is 11.6 Å². The summed E-state index contributed by atoms with van der Waals surface area (Å²) >= 11 is 6.23. The highest BCUT2D eigenvalue weighted by Gasteiger charge is 2.34. The van der Waals surface area contributed by atoms with Crippen LogP contribution in [0.5, 0.6) is 5.75 Å². The van der Waals surface area contributed by atoms with Gasteiger partial charge < -0.3 is 9.53 Å². The predicted octanol–water partition coefficient (Wildman–Crippen LogP) is 5.67. The van der Waals surface area contributed by atoms with Gasteiger partial charge in [-0.15, -0.1) is 13.2 Å². The molecular weight excluding hydrogens is 398 g/mol. The van der Waals surface area contributed by atoms with Crippen molar-refractivity contribution in [3.8, 4) is 5.75 Å². The van der Waals surface area contributed by atoms with E-state index in [1.54, 1.807) is 6.07 Å². The fourth-order valence-electron chi connectivity index (χ4n) is 3.60. The Morgan fingerprint density at radius 2 is 1.86 bits per heavy atom. The van der Waals surface area contributed by atoms with E-state index in [0.717, 1.165) is 12.7 Å². The summed E-state index contributed by atoms with van der Waals surface area (Å²) in [7, 11) is 0. The summed E-state index contributed by atoms with van der Waals surface area (Å²) in [6.45, 7) is 0.269. The summed E-state index contributed by atoms with van der Waals surface area (Å²) in [5.74, 6) is -0.765. The third kappa shape index (κ3) is 4.83. The van der Waals surface area contributed by atoms with Crippen molar-refractivity contribution in [3.05, 3.63) is 64.4 Å². The number of carbonyl (C=O) groups is 1. The largest absolute Gasteiger partial charge is 0.573 e. The second kappa shape index (κ2) is 8.49. The molecule has 2 atom stereocenters. The van der Waals surface area contributed by atoms with E-state index in [1.165, 1.54) is 36.4 Å². The minimum Gasteiger partial charge on any atom is -0.406 e. The van der Waals surface area contributed by atoms with Crippen LogP contribution in [0.25, 0.3) is 0 Å². The van der Waals surface area contributed by atoms with E-state index in [1.807, 2.05) is 4.90 Å². The molecule has 0 aliphatic carbocycles. The van der Waals surface area contributed by atoms with Crippen molar-refractivity contribution in [1.29, 1.82) is 0 Å². The summed E-state index contributed by atoms with van der Waals surface area (Å²) in [5, 5.41) is 0.287. The van der Waals surface area contributed by atoms with E-state index in [2.05, 4.69) is 4.74 Å². The minimum absolute atomic E-state index is 0.269. The van der Waals surface area contributed by atoms with E-state index < -0.39 is 24.3 Å². The van der Waals surface area contributed by atoms with E-state index >= 15 is 0 Å². The first-order valence-corrected chi connectivity index (χ1v) is 9.16. The van der Waals surface area contributed by atoms with Crippen LogP contribution in [0.15, 0.2) is 42.5 Å². The Bertz CT molecular complexity index is 806. The van der Waals surface area contributed by atoms with Crippen LogP contribution in [-0.4, -0.2) is 23.6 Å². The van der Waals surface area contributed by atoms with E-state index in [-0.39, 0.29) is 17.3 Å². The molecule has 1 heterocycles. The van der Waals surface area contributed by atoms with Crippen molar-refractivity contribution in [2.75, 3.05) is 0 Å². The molecule has 3 rings (SSSR count). The van der Waals surface area contributed by atoms with Gasteiger partial charge in [0, 0.05) is 23.2 Å². The normalized spacial score (nSPS) is 20.8. The molecule has 2 unspecified atom stereocenters. The number of aldehydes is 1. The zero-order valence-corrected chi connectivity index (χ0v) is 15.5. The SMILES string of the molecule is O=CC1CCCC(c2c(F)cccc2Cl)N1Cc1ccc(OC(F)(F)F)cc1. The standard InChI is InChI=1S/C20H18ClF4NO2/c21-16-4-2-5-17(22)19(16)18-6-1-3-14(12-27)26(18)11-13-7-9-15(10-8-13)28-20(23,24)25/h2,4-5,7-10,12,14,18H,1,3,6,11H2. The summed E-state index contributed by atoms with van der Waals surface area (Å²) in [4.78, 5) is 13.5. The average Bonchev–Trinajstić information content (AvgIpc) is 2.63. The minimum atomic E-state index is -4.76. The van der Waals surface area contributed by atoms with Gasteiger partial charge in [0.25, 0.3) is 0 Å². The second-order valence-electron chi connectivity index (χ2n) is 6.65. The highest BCUT2D eigenvalue weighted by molar-refractivity contribution is 6.31. The Balaban J connectivity index is 1.86. The maximum Gasteiger partial charge on any atom is 0.573 e. The zero-order valence-electron chi connectivity index (χ0n) is 14.8. The van der Waals surface area contributed by atoms with Crippen LogP contribution in [0.2, 0.25) is 5.02 Å². The molecule has 0 spiro atoms. The molecule has 150 valence electrons. The van der Waals surface area contributed by atoms with E-state index in [4.69, 9.17) is 11.6 Å². The zero-order chi connectivity index (χ0) is 20.3. The van der Waals surface area contributed by atoms with Crippen LogP contribution in [0.4, 0.5) is 17.6 Å². The molecule has 0 saturated carbocycles. The first-order chi connectivity index (χ1) is 13.3. The molecule has 0 aromatic heterocycles. The molecule has 1 saturated heterocycles. The second-order valence-corrected chi connectivity index (χ2v) is 7.06. The number of nitrogens with zero attached hydrogens (tertiary/aromatic N) is 1. The number of hydrogen-bond donors (Lipinski definition) is 0. The monoisotopic (exact) mass is 415 g/mol. The van der Waals surface area contributed by atoms with Crippen molar-refractivity contribution >= 4 is 17.9 Å². The van der Waals surface area contributed by atoms with Crippen LogP contribution < -0.4 is 4.74 Å².